The van der Waals surface area contributed by atoms with Crippen molar-refractivity contribution in [3.8, 4) is 0 Å². The van der Waals surface area contributed by atoms with Crippen molar-refractivity contribution < 1.29 is 14.3 Å². The summed E-state index contributed by atoms with van der Waals surface area (Å²) >= 11 is 0. The van der Waals surface area contributed by atoms with Crippen LogP contribution < -0.4 is 10.6 Å². The smallest absolute Gasteiger partial charge is 0.315 e. The Kier molecular flexibility index (Phi) is 6.56. The summed E-state index contributed by atoms with van der Waals surface area (Å²) in [6.45, 7) is 0.315. The molecule has 2 aromatic rings. The fourth-order valence-corrected chi connectivity index (χ4v) is 2.32. The van der Waals surface area contributed by atoms with Gasteiger partial charge in [-0.05, 0) is 36.1 Å². The van der Waals surface area contributed by atoms with Crippen LogP contribution in [0.1, 0.15) is 23.6 Å². The molecule has 2 amide bonds. The Balaban J connectivity index is 1.72. The second-order valence-corrected chi connectivity index (χ2v) is 5.28. The Morgan fingerprint density at radius 3 is 2.61 bits per heavy atom. The first-order valence-electron chi connectivity index (χ1n) is 7.63. The van der Waals surface area contributed by atoms with Crippen LogP contribution in [0.15, 0.2) is 54.6 Å². The number of carbonyl (C=O) groups excluding carboxylic acids is 1. The fourth-order valence-electron chi connectivity index (χ4n) is 2.32. The Hall–Kier alpha value is -2.40. The highest BCUT2D eigenvalue weighted by molar-refractivity contribution is 5.74. The lowest BCUT2D eigenvalue weighted by Crippen LogP contribution is -2.39. The van der Waals surface area contributed by atoms with Crippen molar-refractivity contribution in [2.75, 3.05) is 13.2 Å². The minimum absolute atomic E-state index is 0.166. The maximum Gasteiger partial charge on any atom is 0.315 e. The number of aryl methyl sites for hydroxylation is 1. The summed E-state index contributed by atoms with van der Waals surface area (Å²) < 4.78 is 13.0. The second-order valence-electron chi connectivity index (χ2n) is 5.28. The van der Waals surface area contributed by atoms with Crippen molar-refractivity contribution in [2.24, 2.45) is 0 Å². The average molecular weight is 316 g/mol. The zero-order valence-electron chi connectivity index (χ0n) is 12.8. The summed E-state index contributed by atoms with van der Waals surface area (Å²) in [6, 6.07) is 15.0. The summed E-state index contributed by atoms with van der Waals surface area (Å²) in [5.74, 6) is -0.248. The summed E-state index contributed by atoms with van der Waals surface area (Å²) in [5.41, 5.74) is 1.76. The van der Waals surface area contributed by atoms with Gasteiger partial charge in [0.05, 0.1) is 12.6 Å². The predicted octanol–water partition coefficient (Wildman–Crippen LogP) is 2.79. The highest BCUT2D eigenvalue weighted by atomic mass is 19.1. The van der Waals surface area contributed by atoms with Gasteiger partial charge in [0, 0.05) is 6.54 Å². The molecule has 122 valence electrons. The summed E-state index contributed by atoms with van der Waals surface area (Å²) in [6.07, 6.45) is 1.41. The molecule has 0 aromatic heterocycles. The Labute approximate surface area is 135 Å². The third-order valence-electron chi connectivity index (χ3n) is 3.51. The number of rotatable bonds is 7. The number of carbonyl (C=O) groups is 1. The molecular weight excluding hydrogens is 295 g/mol. The van der Waals surface area contributed by atoms with E-state index in [1.807, 2.05) is 36.4 Å². The number of halogens is 1. The minimum Gasteiger partial charge on any atom is -0.394 e. The lowest BCUT2D eigenvalue weighted by atomic mass is 10.1. The molecule has 0 aliphatic heterocycles. The number of nitrogens with one attached hydrogen (secondary N) is 2. The van der Waals surface area contributed by atoms with Crippen molar-refractivity contribution in [3.63, 3.8) is 0 Å². The zero-order valence-corrected chi connectivity index (χ0v) is 12.8. The minimum atomic E-state index is -0.431. The quantitative estimate of drug-likeness (QED) is 0.688. The van der Waals surface area contributed by atoms with Gasteiger partial charge in [0.2, 0.25) is 0 Å². The first-order chi connectivity index (χ1) is 11.2. The third kappa shape index (κ3) is 5.71. The highest BCUT2D eigenvalue weighted by Gasteiger charge is 2.12. The molecule has 0 saturated carbocycles. The van der Waals surface area contributed by atoms with E-state index in [4.69, 9.17) is 0 Å². The molecule has 2 rings (SSSR count). The SMILES string of the molecule is O=C(NCCCc1cccc(F)c1)NC(CO)c1ccccc1. The van der Waals surface area contributed by atoms with E-state index in [9.17, 15) is 14.3 Å². The number of benzene rings is 2. The van der Waals surface area contributed by atoms with Crippen molar-refractivity contribution in [1.29, 1.82) is 0 Å². The van der Waals surface area contributed by atoms with E-state index in [0.29, 0.717) is 19.4 Å². The van der Waals surface area contributed by atoms with Crippen LogP contribution in [0.3, 0.4) is 0 Å². The monoisotopic (exact) mass is 316 g/mol. The van der Waals surface area contributed by atoms with Crippen LogP contribution in [0, 0.1) is 5.82 Å². The molecule has 0 fully saturated rings. The molecular formula is C18H21FN2O2. The molecule has 3 N–H and O–H groups in total. The molecule has 0 radical (unpaired) electrons. The highest BCUT2D eigenvalue weighted by Crippen LogP contribution is 2.11. The summed E-state index contributed by atoms with van der Waals surface area (Å²) in [7, 11) is 0. The van der Waals surface area contributed by atoms with Crippen molar-refractivity contribution in [3.05, 3.63) is 71.5 Å². The molecule has 0 bridgehead atoms. The maximum absolute atomic E-state index is 13.0. The van der Waals surface area contributed by atoms with E-state index >= 15 is 0 Å². The number of aliphatic hydroxyl groups excluding tert-OH is 1. The van der Waals surface area contributed by atoms with Gasteiger partial charge >= 0.3 is 6.03 Å². The molecule has 0 spiro atoms. The normalized spacial score (nSPS) is 11.7. The predicted molar refractivity (Wildman–Crippen MR) is 87.5 cm³/mol. The van der Waals surface area contributed by atoms with Gasteiger partial charge in [0.15, 0.2) is 0 Å². The van der Waals surface area contributed by atoms with Gasteiger partial charge in [-0.3, -0.25) is 0 Å². The summed E-state index contributed by atoms with van der Waals surface area (Å²) in [4.78, 5) is 11.9. The topological polar surface area (TPSA) is 61.4 Å². The van der Waals surface area contributed by atoms with Crippen LogP contribution in [0.4, 0.5) is 9.18 Å². The van der Waals surface area contributed by atoms with Gasteiger partial charge in [0.1, 0.15) is 5.82 Å². The third-order valence-corrected chi connectivity index (χ3v) is 3.51. The van der Waals surface area contributed by atoms with Crippen LogP contribution in [-0.2, 0) is 6.42 Å². The van der Waals surface area contributed by atoms with E-state index in [-0.39, 0.29) is 18.5 Å². The van der Waals surface area contributed by atoms with E-state index < -0.39 is 6.04 Å². The lowest BCUT2D eigenvalue weighted by Gasteiger charge is -2.17. The molecule has 0 aliphatic rings. The largest absolute Gasteiger partial charge is 0.394 e. The molecule has 1 atom stereocenters. The zero-order chi connectivity index (χ0) is 16.5. The Bertz CT molecular complexity index is 619. The van der Waals surface area contributed by atoms with Crippen LogP contribution >= 0.6 is 0 Å². The standard InChI is InChI=1S/C18H21FN2O2/c19-16-10-4-6-14(12-16)7-5-11-20-18(23)21-17(13-22)15-8-2-1-3-9-15/h1-4,6,8-10,12,17,22H,5,7,11,13H2,(H2,20,21,23). The van der Waals surface area contributed by atoms with Gasteiger partial charge in [-0.15, -0.1) is 0 Å². The first kappa shape index (κ1) is 17.0. The molecule has 2 aromatic carbocycles. The van der Waals surface area contributed by atoms with Gasteiger partial charge in [-0.2, -0.15) is 0 Å². The van der Waals surface area contributed by atoms with Gasteiger partial charge in [-0.25, -0.2) is 9.18 Å². The molecule has 4 nitrogen and oxygen atoms in total. The Morgan fingerprint density at radius 1 is 1.13 bits per heavy atom. The number of hydrogen-bond donors (Lipinski definition) is 3. The molecule has 23 heavy (non-hydrogen) atoms. The lowest BCUT2D eigenvalue weighted by molar-refractivity contribution is 0.217. The van der Waals surface area contributed by atoms with Gasteiger partial charge in [-0.1, -0.05) is 42.5 Å². The number of hydrogen-bond acceptors (Lipinski definition) is 2. The molecule has 1 unspecified atom stereocenters. The van der Waals surface area contributed by atoms with E-state index in [1.165, 1.54) is 12.1 Å². The van der Waals surface area contributed by atoms with E-state index in [1.54, 1.807) is 6.07 Å². The number of urea groups is 1. The number of aliphatic hydroxyl groups is 1. The van der Waals surface area contributed by atoms with Gasteiger partial charge < -0.3 is 15.7 Å². The van der Waals surface area contributed by atoms with Crippen molar-refractivity contribution >= 4 is 6.03 Å². The van der Waals surface area contributed by atoms with Crippen LogP contribution in [0.5, 0.6) is 0 Å². The average Bonchev–Trinajstić information content (AvgIpc) is 2.57. The van der Waals surface area contributed by atoms with Crippen LogP contribution in [0.2, 0.25) is 0 Å². The van der Waals surface area contributed by atoms with E-state index in [0.717, 1.165) is 11.1 Å². The molecule has 0 saturated heterocycles. The molecule has 5 heteroatoms. The van der Waals surface area contributed by atoms with Crippen LogP contribution in [0.25, 0.3) is 0 Å². The van der Waals surface area contributed by atoms with Crippen LogP contribution in [-0.4, -0.2) is 24.3 Å². The second kappa shape index (κ2) is 8.90. The fraction of sp³-hybridized carbons (Fsp3) is 0.278. The molecule has 0 heterocycles. The molecule has 0 aliphatic carbocycles. The summed E-state index contributed by atoms with van der Waals surface area (Å²) in [5, 5.41) is 14.9. The van der Waals surface area contributed by atoms with Gasteiger partial charge in [0.25, 0.3) is 0 Å². The number of amides is 2. The maximum atomic E-state index is 13.0. The Morgan fingerprint density at radius 2 is 1.91 bits per heavy atom. The van der Waals surface area contributed by atoms with Crippen molar-refractivity contribution in [2.45, 2.75) is 18.9 Å². The first-order valence-corrected chi connectivity index (χ1v) is 7.63. The van der Waals surface area contributed by atoms with Crippen molar-refractivity contribution in [1.82, 2.24) is 10.6 Å². The van der Waals surface area contributed by atoms with E-state index in [2.05, 4.69) is 10.6 Å².